The van der Waals surface area contributed by atoms with Crippen molar-refractivity contribution >= 4 is 30.4 Å². The van der Waals surface area contributed by atoms with Gasteiger partial charge in [0, 0.05) is 23.8 Å². The minimum atomic E-state index is -0.524. The van der Waals surface area contributed by atoms with Crippen LogP contribution in [0.1, 0.15) is 50.2 Å². The van der Waals surface area contributed by atoms with Gasteiger partial charge >= 0.3 is 0 Å². The maximum Gasteiger partial charge on any atom is 0.0893 e. The fraction of sp³-hybridized carbons (Fsp3) is 0.636. The molecule has 2 aliphatic carbocycles. The molecule has 3 unspecified atom stereocenters. The van der Waals surface area contributed by atoms with Crippen LogP contribution >= 0.6 is 24.1 Å². The summed E-state index contributed by atoms with van der Waals surface area (Å²) in [7, 11) is 2.80. The summed E-state index contributed by atoms with van der Waals surface area (Å²) < 4.78 is 6.64. The summed E-state index contributed by atoms with van der Waals surface area (Å²) in [5.74, 6) is 0.137. The number of benzene rings is 1. The van der Waals surface area contributed by atoms with Crippen LogP contribution in [0.3, 0.4) is 0 Å². The monoisotopic (exact) mass is 449 g/mol. The number of hydrogen-bond donors (Lipinski definition) is 1. The number of ether oxygens (including phenoxy) is 1. The molecule has 146 valence electrons. The number of hydrogen-bond acceptors (Lipinski definition) is 3. The molecule has 5 heteroatoms. The van der Waals surface area contributed by atoms with Gasteiger partial charge in [-0.05, 0) is 73.1 Å². The third-order valence-electron chi connectivity index (χ3n) is 7.07. The van der Waals surface area contributed by atoms with Gasteiger partial charge in [0.2, 0.25) is 0 Å². The maximum atomic E-state index is 10.6. The average molecular weight is 450 g/mol. The van der Waals surface area contributed by atoms with Crippen molar-refractivity contribution in [2.45, 2.75) is 62.6 Å². The SMILES string of the molecule is C=PC(CC1(C#N)c2cc(Br)ccc2CC12CCC(OC)CC2)C(C)CO. The van der Waals surface area contributed by atoms with Crippen LogP contribution in [-0.2, 0) is 16.6 Å². The van der Waals surface area contributed by atoms with E-state index in [1.165, 1.54) is 11.1 Å². The lowest BCUT2D eigenvalue weighted by atomic mass is 9.55. The van der Waals surface area contributed by atoms with Crippen molar-refractivity contribution in [2.24, 2.45) is 11.3 Å². The molecule has 0 aliphatic heterocycles. The summed E-state index contributed by atoms with van der Waals surface area (Å²) in [4.78, 5) is 0. The van der Waals surface area contributed by atoms with Gasteiger partial charge in [0.25, 0.3) is 0 Å². The number of halogens is 1. The second-order valence-corrected chi connectivity index (χ2v) is 10.3. The minimum absolute atomic E-state index is 0.0436. The predicted octanol–water partition coefficient (Wildman–Crippen LogP) is 5.11. The van der Waals surface area contributed by atoms with E-state index in [1.54, 1.807) is 7.11 Å². The molecule has 2 aliphatic rings. The third-order valence-corrected chi connectivity index (χ3v) is 8.73. The summed E-state index contributed by atoms with van der Waals surface area (Å²) in [6, 6.07) is 9.27. The smallest absolute Gasteiger partial charge is 0.0893 e. The van der Waals surface area contributed by atoms with Crippen LogP contribution in [0, 0.1) is 22.7 Å². The van der Waals surface area contributed by atoms with Gasteiger partial charge in [-0.3, -0.25) is 0 Å². The zero-order valence-corrected chi connectivity index (χ0v) is 18.7. The van der Waals surface area contributed by atoms with E-state index in [9.17, 15) is 10.4 Å². The molecule has 1 fully saturated rings. The first kappa shape index (κ1) is 21.0. The van der Waals surface area contributed by atoms with Crippen LogP contribution in [0.15, 0.2) is 22.7 Å². The Hall–Kier alpha value is -0.720. The molecule has 3 rings (SSSR count). The molecule has 27 heavy (non-hydrogen) atoms. The number of aliphatic hydroxyl groups is 1. The molecule has 1 N–H and O–H groups in total. The molecule has 1 saturated carbocycles. The van der Waals surface area contributed by atoms with Gasteiger partial charge < -0.3 is 9.84 Å². The zero-order valence-electron chi connectivity index (χ0n) is 16.2. The summed E-state index contributed by atoms with van der Waals surface area (Å²) in [6.45, 7) is 2.21. The first-order valence-electron chi connectivity index (χ1n) is 9.75. The highest BCUT2D eigenvalue weighted by molar-refractivity contribution is 9.10. The topological polar surface area (TPSA) is 53.2 Å². The summed E-state index contributed by atoms with van der Waals surface area (Å²) in [5, 5.41) is 20.3. The number of aliphatic hydroxyl groups excluding tert-OH is 1. The van der Waals surface area contributed by atoms with Crippen molar-refractivity contribution in [3.05, 3.63) is 33.8 Å². The molecule has 3 atom stereocenters. The number of rotatable bonds is 6. The van der Waals surface area contributed by atoms with E-state index in [2.05, 4.69) is 53.4 Å². The van der Waals surface area contributed by atoms with Crippen LogP contribution in [-0.4, -0.2) is 36.9 Å². The van der Waals surface area contributed by atoms with Crippen molar-refractivity contribution in [3.8, 4) is 6.07 Å². The Kier molecular flexibility index (Phi) is 6.48. The lowest BCUT2D eigenvalue weighted by Crippen LogP contribution is -2.47. The summed E-state index contributed by atoms with van der Waals surface area (Å²) >= 11 is 3.62. The fourth-order valence-electron chi connectivity index (χ4n) is 5.32. The highest BCUT2D eigenvalue weighted by Gasteiger charge is 2.59. The van der Waals surface area contributed by atoms with E-state index in [1.807, 2.05) is 0 Å². The predicted molar refractivity (Wildman–Crippen MR) is 116 cm³/mol. The van der Waals surface area contributed by atoms with Crippen molar-refractivity contribution < 1.29 is 9.84 Å². The molecule has 0 amide bonds. The zero-order chi connectivity index (χ0) is 19.7. The molecular weight excluding hydrogens is 421 g/mol. The maximum absolute atomic E-state index is 10.6. The molecule has 3 nitrogen and oxygen atoms in total. The van der Waals surface area contributed by atoms with Gasteiger partial charge in [0.05, 0.1) is 17.6 Å². The Balaban J connectivity index is 2.08. The fourth-order valence-corrected chi connectivity index (χ4v) is 6.53. The molecule has 0 saturated heterocycles. The molecule has 0 heterocycles. The van der Waals surface area contributed by atoms with Crippen LogP contribution < -0.4 is 0 Å². The van der Waals surface area contributed by atoms with Gasteiger partial charge in [-0.2, -0.15) is 5.26 Å². The van der Waals surface area contributed by atoms with E-state index >= 15 is 0 Å². The van der Waals surface area contributed by atoms with Crippen LogP contribution in [0.4, 0.5) is 0 Å². The Morgan fingerprint density at radius 2 is 2.15 bits per heavy atom. The van der Waals surface area contributed by atoms with E-state index in [-0.39, 0.29) is 23.6 Å². The quantitative estimate of drug-likeness (QED) is 0.613. The lowest BCUT2D eigenvalue weighted by molar-refractivity contribution is 0.00477. The molecule has 0 bridgehead atoms. The first-order chi connectivity index (χ1) is 12.9. The van der Waals surface area contributed by atoms with Crippen molar-refractivity contribution in [2.75, 3.05) is 13.7 Å². The highest BCUT2D eigenvalue weighted by atomic mass is 79.9. The molecule has 1 aromatic rings. The molecule has 0 radical (unpaired) electrons. The number of fused-ring (bicyclic) bond motifs is 1. The van der Waals surface area contributed by atoms with Gasteiger partial charge in [0.1, 0.15) is 0 Å². The van der Waals surface area contributed by atoms with E-state index in [0.717, 1.165) is 51.2 Å². The third kappa shape index (κ3) is 3.53. The van der Waals surface area contributed by atoms with E-state index in [0.29, 0.717) is 6.10 Å². The standard InChI is InChI=1S/C22H29BrNO2P/c1-15(13-25)20(27-3)12-22(14-24)19-10-17(23)5-4-16(19)11-21(22)8-6-18(26-2)7-9-21/h4-5,10,15,18,20,25H,3,6-9,11-13H2,1-2H3. The minimum Gasteiger partial charge on any atom is -0.396 e. The summed E-state index contributed by atoms with van der Waals surface area (Å²) in [6.07, 6.45) is 10.2. The average Bonchev–Trinajstić information content (AvgIpc) is 2.95. The van der Waals surface area contributed by atoms with Gasteiger partial charge in [-0.1, -0.05) is 35.2 Å². The Morgan fingerprint density at radius 3 is 2.70 bits per heavy atom. The molecule has 1 aromatic carbocycles. The Bertz CT molecular complexity index is 738. The first-order valence-corrected chi connectivity index (χ1v) is 11.7. The molecule has 1 spiro atoms. The van der Waals surface area contributed by atoms with Crippen molar-refractivity contribution in [3.63, 3.8) is 0 Å². The Labute approximate surface area is 173 Å². The Morgan fingerprint density at radius 1 is 1.44 bits per heavy atom. The molecule has 0 aromatic heterocycles. The van der Waals surface area contributed by atoms with E-state index in [4.69, 9.17) is 4.74 Å². The summed E-state index contributed by atoms with van der Waals surface area (Å²) in [5.41, 5.74) is 2.14. The van der Waals surface area contributed by atoms with E-state index < -0.39 is 5.41 Å². The normalized spacial score (nSPS) is 32.2. The lowest BCUT2D eigenvalue weighted by Gasteiger charge is -2.47. The van der Waals surface area contributed by atoms with Crippen LogP contribution in [0.25, 0.3) is 0 Å². The van der Waals surface area contributed by atoms with Crippen molar-refractivity contribution in [1.82, 2.24) is 0 Å². The van der Waals surface area contributed by atoms with Gasteiger partial charge in [-0.15, -0.1) is 8.20 Å². The molecular formula is C22H29BrNO2P. The second-order valence-electron chi connectivity index (χ2n) is 8.32. The van der Waals surface area contributed by atoms with Gasteiger partial charge in [0.15, 0.2) is 0 Å². The number of nitriles is 1. The van der Waals surface area contributed by atoms with Gasteiger partial charge in [-0.25, -0.2) is 0 Å². The van der Waals surface area contributed by atoms with Crippen LogP contribution in [0.2, 0.25) is 0 Å². The highest BCUT2D eigenvalue weighted by Crippen LogP contribution is 2.61. The second kappa shape index (κ2) is 8.34. The number of nitrogens with zero attached hydrogens (tertiary/aromatic N) is 1. The van der Waals surface area contributed by atoms with Crippen LogP contribution in [0.5, 0.6) is 0 Å². The largest absolute Gasteiger partial charge is 0.396 e. The number of methoxy groups -OCH3 is 1. The van der Waals surface area contributed by atoms with Crippen molar-refractivity contribution in [1.29, 1.82) is 5.26 Å².